The van der Waals surface area contributed by atoms with Crippen LogP contribution in [0.3, 0.4) is 0 Å². The van der Waals surface area contributed by atoms with Crippen LogP contribution in [0, 0.1) is 28.9 Å². The summed E-state index contributed by atoms with van der Waals surface area (Å²) in [4.78, 5) is 13.2. The van der Waals surface area contributed by atoms with Gasteiger partial charge in [0.05, 0.1) is 22.3 Å². The summed E-state index contributed by atoms with van der Waals surface area (Å²) < 4.78 is 57.7. The number of nitrogens with one attached hydrogen (secondary N) is 2. The Hall–Kier alpha value is -3.73. The zero-order valence-electron chi connectivity index (χ0n) is 22.9. The van der Waals surface area contributed by atoms with E-state index in [1.807, 2.05) is 13.0 Å². The molecule has 4 N–H and O–H groups in total. The lowest BCUT2D eigenvalue weighted by Crippen LogP contribution is -2.31. The van der Waals surface area contributed by atoms with Gasteiger partial charge in [0.2, 0.25) is 5.88 Å². The molecule has 0 spiro atoms. The van der Waals surface area contributed by atoms with Gasteiger partial charge in [-0.3, -0.25) is 4.98 Å². The lowest BCUT2D eigenvalue weighted by atomic mass is 9.96. The van der Waals surface area contributed by atoms with Crippen molar-refractivity contribution in [1.82, 2.24) is 25.6 Å². The Kier molecular flexibility index (Phi) is 8.02. The van der Waals surface area contributed by atoms with E-state index in [2.05, 4.69) is 25.6 Å². The summed E-state index contributed by atoms with van der Waals surface area (Å²) in [5.41, 5.74) is 6.04. The molecule has 42 heavy (non-hydrogen) atoms. The standard InChI is InChI=1S/C29H30F3N7O2S/c1-14-21(6-8-36-14)41-28-19-12-37-24(17-4-5-20(31)26-22(17)18(10-33)27(34)42-26)23(32)25(19)38-29(39-28)40-13-15-3-2-7-35-11-16(30)9-15/h4-5,12,14-16,21,35-36H,2-3,6-9,11,13,34H2,1H3. The third kappa shape index (κ3) is 5.42. The first kappa shape index (κ1) is 28.4. The molecular weight excluding hydrogens is 567 g/mol. The van der Waals surface area contributed by atoms with E-state index in [9.17, 15) is 14.0 Å². The molecule has 5 heterocycles. The fourth-order valence-corrected chi connectivity index (χ4v) is 6.62. The number of nitrogens with two attached hydrogens (primary N) is 1. The third-order valence-corrected chi connectivity index (χ3v) is 8.93. The van der Waals surface area contributed by atoms with Gasteiger partial charge in [0.15, 0.2) is 5.82 Å². The number of ether oxygens (including phenoxy) is 2. The molecule has 220 valence electrons. The summed E-state index contributed by atoms with van der Waals surface area (Å²) in [7, 11) is 0. The molecule has 6 rings (SSSR count). The number of benzene rings is 1. The van der Waals surface area contributed by atoms with Gasteiger partial charge in [-0.2, -0.15) is 15.2 Å². The average molecular weight is 598 g/mol. The first-order chi connectivity index (χ1) is 20.3. The quantitative estimate of drug-likeness (QED) is 0.285. The van der Waals surface area contributed by atoms with Crippen LogP contribution in [0.15, 0.2) is 18.3 Å². The van der Waals surface area contributed by atoms with E-state index >= 15 is 4.39 Å². The molecule has 2 aliphatic heterocycles. The predicted octanol–water partition coefficient (Wildman–Crippen LogP) is 4.87. The van der Waals surface area contributed by atoms with Gasteiger partial charge >= 0.3 is 6.01 Å². The lowest BCUT2D eigenvalue weighted by Gasteiger charge is -2.23. The van der Waals surface area contributed by atoms with E-state index in [4.69, 9.17) is 15.2 Å². The molecule has 4 unspecified atom stereocenters. The van der Waals surface area contributed by atoms with Crippen molar-refractivity contribution in [3.05, 3.63) is 35.5 Å². The lowest BCUT2D eigenvalue weighted by molar-refractivity contribution is 0.159. The van der Waals surface area contributed by atoms with Crippen LogP contribution in [0.4, 0.5) is 18.2 Å². The Balaban J connectivity index is 1.43. The highest BCUT2D eigenvalue weighted by Gasteiger charge is 2.29. The maximum Gasteiger partial charge on any atom is 0.320 e. The molecule has 13 heteroatoms. The number of thiophene rings is 1. The van der Waals surface area contributed by atoms with Gasteiger partial charge in [0.25, 0.3) is 0 Å². The highest BCUT2D eigenvalue weighted by atomic mass is 32.1. The van der Waals surface area contributed by atoms with Crippen LogP contribution in [0.5, 0.6) is 11.9 Å². The zero-order chi connectivity index (χ0) is 29.4. The molecule has 0 aliphatic carbocycles. The van der Waals surface area contributed by atoms with Gasteiger partial charge in [-0.1, -0.05) is 0 Å². The fourth-order valence-electron chi connectivity index (χ4n) is 5.67. The number of aromatic nitrogens is 3. The molecule has 0 saturated carbocycles. The average Bonchev–Trinajstić information content (AvgIpc) is 3.53. The van der Waals surface area contributed by atoms with Gasteiger partial charge in [0, 0.05) is 29.7 Å². The van der Waals surface area contributed by atoms with E-state index in [1.54, 1.807) is 0 Å². The van der Waals surface area contributed by atoms with Crippen molar-refractivity contribution in [3.8, 4) is 29.2 Å². The van der Waals surface area contributed by atoms with Crippen LogP contribution in [-0.4, -0.2) is 59.5 Å². The first-order valence-electron chi connectivity index (χ1n) is 14.0. The summed E-state index contributed by atoms with van der Waals surface area (Å²) in [5, 5.41) is 16.7. The molecule has 3 aromatic heterocycles. The van der Waals surface area contributed by atoms with Gasteiger partial charge in [-0.05, 0) is 63.7 Å². The van der Waals surface area contributed by atoms with Crippen molar-refractivity contribution in [1.29, 1.82) is 5.26 Å². The smallest absolute Gasteiger partial charge is 0.320 e. The number of anilines is 1. The minimum Gasteiger partial charge on any atom is -0.472 e. The van der Waals surface area contributed by atoms with Gasteiger partial charge in [-0.25, -0.2) is 13.2 Å². The first-order valence-corrected chi connectivity index (χ1v) is 14.8. The highest BCUT2D eigenvalue weighted by molar-refractivity contribution is 7.23. The Bertz CT molecular complexity index is 1680. The second-order valence-corrected chi connectivity index (χ2v) is 11.8. The van der Waals surface area contributed by atoms with Crippen molar-refractivity contribution in [2.45, 2.75) is 50.9 Å². The van der Waals surface area contributed by atoms with Crippen molar-refractivity contribution >= 4 is 37.3 Å². The second kappa shape index (κ2) is 11.9. The Morgan fingerprint density at radius 2 is 2.07 bits per heavy atom. The van der Waals surface area contributed by atoms with Gasteiger partial charge in [0.1, 0.15) is 40.4 Å². The van der Waals surface area contributed by atoms with E-state index in [0.29, 0.717) is 13.0 Å². The fraction of sp³-hybridized carbons (Fsp3) is 0.448. The molecule has 2 aliphatic rings. The molecule has 4 atom stereocenters. The Morgan fingerprint density at radius 3 is 2.86 bits per heavy atom. The number of nitrogens with zero attached hydrogens (tertiary/aromatic N) is 4. The number of hydrogen-bond acceptors (Lipinski definition) is 10. The Morgan fingerprint density at radius 1 is 1.21 bits per heavy atom. The Labute approximate surface area is 244 Å². The molecule has 9 nitrogen and oxygen atoms in total. The van der Waals surface area contributed by atoms with Gasteiger partial charge < -0.3 is 25.8 Å². The van der Waals surface area contributed by atoms with Crippen LogP contribution >= 0.6 is 11.3 Å². The number of nitrogen functional groups attached to an aromatic ring is 1. The molecular formula is C29H30F3N7O2S. The molecule has 2 saturated heterocycles. The molecule has 0 bridgehead atoms. The molecule has 4 aromatic rings. The van der Waals surface area contributed by atoms with E-state index in [-0.39, 0.29) is 79.4 Å². The maximum absolute atomic E-state index is 16.4. The summed E-state index contributed by atoms with van der Waals surface area (Å²) in [6.45, 7) is 3.96. The molecule has 0 radical (unpaired) electrons. The topological polar surface area (TPSA) is 131 Å². The van der Waals surface area contributed by atoms with Crippen LogP contribution in [0.1, 0.15) is 38.2 Å². The predicted molar refractivity (Wildman–Crippen MR) is 154 cm³/mol. The molecule has 2 fully saturated rings. The minimum absolute atomic E-state index is 0.0439. The monoisotopic (exact) mass is 597 g/mol. The summed E-state index contributed by atoms with van der Waals surface area (Å²) in [6.07, 6.45) is 2.92. The second-order valence-electron chi connectivity index (χ2n) is 10.8. The number of alkyl halides is 1. The number of pyridine rings is 1. The van der Waals surface area contributed by atoms with Crippen molar-refractivity contribution in [3.63, 3.8) is 0 Å². The minimum atomic E-state index is -0.991. The van der Waals surface area contributed by atoms with Crippen LogP contribution in [0.25, 0.3) is 32.2 Å². The van der Waals surface area contributed by atoms with Crippen LogP contribution in [-0.2, 0) is 0 Å². The number of nitriles is 1. The SMILES string of the molecule is CC1NCCC1Oc1nc(OCC2CCCNCC(F)C2)nc2c(F)c(-c3ccc(F)c4sc(N)c(C#N)c34)ncc12. The number of halogens is 3. The van der Waals surface area contributed by atoms with E-state index < -0.39 is 17.8 Å². The van der Waals surface area contributed by atoms with Gasteiger partial charge in [-0.15, -0.1) is 11.3 Å². The number of rotatable bonds is 6. The highest BCUT2D eigenvalue weighted by Crippen LogP contribution is 2.42. The normalized spacial score (nSPS) is 23.0. The van der Waals surface area contributed by atoms with E-state index in [1.165, 1.54) is 18.3 Å². The summed E-state index contributed by atoms with van der Waals surface area (Å²) >= 11 is 0.922. The van der Waals surface area contributed by atoms with Crippen molar-refractivity contribution in [2.24, 2.45) is 5.92 Å². The molecule has 1 aromatic carbocycles. The summed E-state index contributed by atoms with van der Waals surface area (Å²) in [6, 6.07) is 4.52. The van der Waals surface area contributed by atoms with Crippen LogP contribution < -0.4 is 25.8 Å². The number of hydrogen-bond donors (Lipinski definition) is 3. The largest absolute Gasteiger partial charge is 0.472 e. The van der Waals surface area contributed by atoms with Crippen molar-refractivity contribution in [2.75, 3.05) is 32.0 Å². The maximum atomic E-state index is 16.4. The van der Waals surface area contributed by atoms with Crippen LogP contribution in [0.2, 0.25) is 0 Å². The number of fused-ring (bicyclic) bond motifs is 2. The third-order valence-electron chi connectivity index (χ3n) is 7.90. The molecule has 0 amide bonds. The zero-order valence-corrected chi connectivity index (χ0v) is 23.7. The van der Waals surface area contributed by atoms with E-state index in [0.717, 1.165) is 43.7 Å². The summed E-state index contributed by atoms with van der Waals surface area (Å²) in [5.74, 6) is -1.30. The van der Waals surface area contributed by atoms with Crippen molar-refractivity contribution < 1.29 is 22.6 Å².